The van der Waals surface area contributed by atoms with Gasteiger partial charge in [-0.2, -0.15) is 13.2 Å². The molecule has 18 heavy (non-hydrogen) atoms. The largest absolute Gasteiger partial charge is 0.478 e. The number of carboxylic acids is 1. The molecular weight excluding hydrogens is 253 g/mol. The summed E-state index contributed by atoms with van der Waals surface area (Å²) < 4.78 is 37.3. The Morgan fingerprint density at radius 1 is 1.50 bits per heavy atom. The molecule has 1 atom stereocenters. The minimum absolute atomic E-state index is 0.364. The molecule has 0 saturated carbocycles. The molecule has 0 spiro atoms. The summed E-state index contributed by atoms with van der Waals surface area (Å²) in [5.74, 6) is -1.82. The van der Waals surface area contributed by atoms with Gasteiger partial charge in [0.25, 0.3) is 0 Å². The van der Waals surface area contributed by atoms with Crippen LogP contribution in [0.5, 0.6) is 0 Å². The Bertz CT molecular complexity index is 448. The molecule has 5 nitrogen and oxygen atoms in total. The first-order valence-corrected chi connectivity index (χ1v) is 4.94. The number of nitrogens with one attached hydrogen (secondary N) is 1. The molecule has 1 aromatic heterocycles. The maximum atomic E-state index is 12.4. The molecule has 3 N–H and O–H groups in total. The number of pyridine rings is 1. The normalized spacial score (nSPS) is 13.2. The van der Waals surface area contributed by atoms with Crippen molar-refractivity contribution in [1.82, 2.24) is 4.98 Å². The number of carbonyl (C=O) groups is 1. The third-order valence-electron chi connectivity index (χ3n) is 2.07. The highest BCUT2D eigenvalue weighted by Gasteiger charge is 2.33. The van der Waals surface area contributed by atoms with Gasteiger partial charge in [0.2, 0.25) is 0 Å². The highest BCUT2D eigenvalue weighted by atomic mass is 19.4. The van der Waals surface area contributed by atoms with Crippen LogP contribution in [0.25, 0.3) is 0 Å². The van der Waals surface area contributed by atoms with E-state index in [1.165, 1.54) is 6.92 Å². The predicted molar refractivity (Wildman–Crippen MR) is 56.4 cm³/mol. The van der Waals surface area contributed by atoms with Crippen LogP contribution >= 0.6 is 0 Å². The van der Waals surface area contributed by atoms with Crippen molar-refractivity contribution in [3.8, 4) is 0 Å². The number of halogens is 3. The van der Waals surface area contributed by atoms with E-state index < -0.39 is 29.7 Å². The number of rotatable bonds is 4. The van der Waals surface area contributed by atoms with E-state index in [0.717, 1.165) is 6.07 Å². The van der Waals surface area contributed by atoms with Crippen LogP contribution in [0.15, 0.2) is 12.1 Å². The van der Waals surface area contributed by atoms with Crippen molar-refractivity contribution < 1.29 is 28.2 Å². The number of hydrogen-bond donors (Lipinski definition) is 3. The van der Waals surface area contributed by atoms with Gasteiger partial charge in [-0.15, -0.1) is 0 Å². The molecule has 0 saturated heterocycles. The molecular formula is C10H11F3N2O3. The van der Waals surface area contributed by atoms with Gasteiger partial charge in [0.05, 0.1) is 6.61 Å². The molecule has 1 rings (SSSR count). The highest BCUT2D eigenvalue weighted by molar-refractivity contribution is 5.93. The van der Waals surface area contributed by atoms with E-state index in [4.69, 9.17) is 10.2 Å². The summed E-state index contributed by atoms with van der Waals surface area (Å²) in [4.78, 5) is 14.1. The number of hydrogen-bond acceptors (Lipinski definition) is 4. The molecule has 0 aliphatic heterocycles. The number of aromatic nitrogens is 1. The fourth-order valence-corrected chi connectivity index (χ4v) is 1.18. The summed E-state index contributed by atoms with van der Waals surface area (Å²) in [5.41, 5.74) is -1.58. The third kappa shape index (κ3) is 3.33. The van der Waals surface area contributed by atoms with E-state index in [1.807, 2.05) is 0 Å². The Hall–Kier alpha value is -1.83. The van der Waals surface area contributed by atoms with Crippen LogP contribution in [-0.2, 0) is 6.18 Å². The molecule has 0 amide bonds. The Morgan fingerprint density at radius 3 is 2.56 bits per heavy atom. The lowest BCUT2D eigenvalue weighted by molar-refractivity contribution is -0.141. The second-order valence-corrected chi connectivity index (χ2v) is 3.62. The Morgan fingerprint density at radius 2 is 2.11 bits per heavy atom. The first-order chi connectivity index (χ1) is 8.25. The molecule has 0 aliphatic rings. The summed E-state index contributed by atoms with van der Waals surface area (Å²) >= 11 is 0. The average molecular weight is 264 g/mol. The molecule has 0 aromatic carbocycles. The predicted octanol–water partition coefficient (Wildman–Crippen LogP) is 1.59. The molecule has 0 bridgehead atoms. The third-order valence-corrected chi connectivity index (χ3v) is 2.07. The summed E-state index contributed by atoms with van der Waals surface area (Å²) in [6, 6.07) is 0.808. The van der Waals surface area contributed by atoms with Gasteiger partial charge >= 0.3 is 12.1 Å². The van der Waals surface area contributed by atoms with Crippen molar-refractivity contribution >= 4 is 11.8 Å². The fraction of sp³-hybridized carbons (Fsp3) is 0.400. The van der Waals surface area contributed by atoms with Crippen LogP contribution in [-0.4, -0.2) is 33.8 Å². The van der Waals surface area contributed by atoms with Crippen molar-refractivity contribution in [3.05, 3.63) is 23.4 Å². The molecule has 0 fully saturated rings. The molecule has 0 radical (unpaired) electrons. The van der Waals surface area contributed by atoms with Gasteiger partial charge in [-0.1, -0.05) is 0 Å². The molecule has 1 heterocycles. The molecule has 1 aromatic rings. The quantitative estimate of drug-likeness (QED) is 0.769. The monoisotopic (exact) mass is 264 g/mol. The van der Waals surface area contributed by atoms with Crippen LogP contribution in [0.2, 0.25) is 0 Å². The topological polar surface area (TPSA) is 82.5 Å². The van der Waals surface area contributed by atoms with Gasteiger partial charge in [0, 0.05) is 6.04 Å². The van der Waals surface area contributed by atoms with Crippen LogP contribution in [0.1, 0.15) is 23.0 Å². The van der Waals surface area contributed by atoms with E-state index in [-0.39, 0.29) is 12.2 Å². The van der Waals surface area contributed by atoms with Gasteiger partial charge < -0.3 is 15.5 Å². The van der Waals surface area contributed by atoms with E-state index in [2.05, 4.69) is 10.3 Å². The number of nitrogens with zero attached hydrogens (tertiary/aromatic N) is 1. The van der Waals surface area contributed by atoms with E-state index in [1.54, 1.807) is 0 Å². The minimum Gasteiger partial charge on any atom is -0.478 e. The Balaban J connectivity index is 3.20. The molecule has 1 unspecified atom stereocenters. The zero-order chi connectivity index (χ0) is 13.9. The minimum atomic E-state index is -4.66. The van der Waals surface area contributed by atoms with Crippen LogP contribution in [0.3, 0.4) is 0 Å². The second kappa shape index (κ2) is 5.21. The summed E-state index contributed by atoms with van der Waals surface area (Å²) in [6.07, 6.45) is -4.66. The van der Waals surface area contributed by atoms with Crippen molar-refractivity contribution in [3.63, 3.8) is 0 Å². The first kappa shape index (κ1) is 14.2. The van der Waals surface area contributed by atoms with Gasteiger partial charge in [-0.05, 0) is 19.1 Å². The second-order valence-electron chi connectivity index (χ2n) is 3.62. The Labute approximate surface area is 100 Å². The SMILES string of the molecule is CC(CO)Nc1nc(C(F)(F)F)ccc1C(=O)O. The molecule has 0 aliphatic carbocycles. The van der Waals surface area contributed by atoms with Crippen LogP contribution < -0.4 is 5.32 Å². The van der Waals surface area contributed by atoms with E-state index >= 15 is 0 Å². The standard InChI is InChI=1S/C10H11F3N2O3/c1-5(4-16)14-8-6(9(17)18)2-3-7(15-8)10(11,12)13/h2-3,5,16H,4H2,1H3,(H,14,15)(H,17,18). The van der Waals surface area contributed by atoms with Gasteiger partial charge in [-0.25, -0.2) is 9.78 Å². The van der Waals surface area contributed by atoms with Gasteiger partial charge in [-0.3, -0.25) is 0 Å². The lowest BCUT2D eigenvalue weighted by Crippen LogP contribution is -2.23. The lowest BCUT2D eigenvalue weighted by Gasteiger charge is -2.15. The molecule has 100 valence electrons. The fourth-order valence-electron chi connectivity index (χ4n) is 1.18. The maximum Gasteiger partial charge on any atom is 0.433 e. The average Bonchev–Trinajstić information content (AvgIpc) is 2.27. The Kier molecular flexibility index (Phi) is 4.12. The number of carboxylic acid groups (broad SMARTS) is 1. The smallest absolute Gasteiger partial charge is 0.433 e. The lowest BCUT2D eigenvalue weighted by atomic mass is 10.2. The van der Waals surface area contributed by atoms with Crippen molar-refractivity contribution in [1.29, 1.82) is 0 Å². The van der Waals surface area contributed by atoms with E-state index in [9.17, 15) is 18.0 Å². The summed E-state index contributed by atoms with van der Waals surface area (Å²) in [6.45, 7) is 1.12. The zero-order valence-corrected chi connectivity index (χ0v) is 9.32. The molecule has 8 heteroatoms. The van der Waals surface area contributed by atoms with Crippen molar-refractivity contribution in [2.45, 2.75) is 19.1 Å². The van der Waals surface area contributed by atoms with Crippen LogP contribution in [0.4, 0.5) is 19.0 Å². The number of alkyl halides is 3. The van der Waals surface area contributed by atoms with E-state index in [0.29, 0.717) is 6.07 Å². The summed E-state index contributed by atoms with van der Waals surface area (Å²) in [5, 5.41) is 20.0. The highest BCUT2D eigenvalue weighted by Crippen LogP contribution is 2.29. The number of aliphatic hydroxyl groups is 1. The van der Waals surface area contributed by atoms with Gasteiger partial charge in [0.1, 0.15) is 17.1 Å². The maximum absolute atomic E-state index is 12.4. The number of aliphatic hydroxyl groups excluding tert-OH is 1. The summed E-state index contributed by atoms with van der Waals surface area (Å²) in [7, 11) is 0. The van der Waals surface area contributed by atoms with Crippen molar-refractivity contribution in [2.75, 3.05) is 11.9 Å². The zero-order valence-electron chi connectivity index (χ0n) is 9.32. The van der Waals surface area contributed by atoms with Gasteiger partial charge in [0.15, 0.2) is 0 Å². The van der Waals surface area contributed by atoms with Crippen molar-refractivity contribution in [2.24, 2.45) is 0 Å². The number of anilines is 1. The number of aromatic carboxylic acids is 1. The van der Waals surface area contributed by atoms with Crippen LogP contribution in [0, 0.1) is 0 Å². The first-order valence-electron chi connectivity index (χ1n) is 4.94.